The molecule has 5 aromatic rings. The van der Waals surface area contributed by atoms with E-state index in [-0.39, 0.29) is 24.1 Å². The van der Waals surface area contributed by atoms with Crippen LogP contribution in [0.2, 0.25) is 0 Å². The quantitative estimate of drug-likeness (QED) is 0.157. The van der Waals surface area contributed by atoms with Crippen molar-refractivity contribution in [3.8, 4) is 33.9 Å². The van der Waals surface area contributed by atoms with Gasteiger partial charge in [0.25, 0.3) is 5.91 Å². The summed E-state index contributed by atoms with van der Waals surface area (Å²) in [6.45, 7) is 6.76. The van der Waals surface area contributed by atoms with Gasteiger partial charge in [0, 0.05) is 36.6 Å². The number of aromatic nitrogens is 6. The number of nitrogens with zero attached hydrogens (tertiary/aromatic N) is 6. The summed E-state index contributed by atoms with van der Waals surface area (Å²) in [5, 5.41) is 2.70. The molecule has 2 aliphatic rings. The minimum Gasteiger partial charge on any atom is -0.453 e. The second kappa shape index (κ2) is 14.9. The number of benzene rings is 2. The Morgan fingerprint density at radius 2 is 1.32 bits per heavy atom. The highest BCUT2D eigenvalue weighted by molar-refractivity contribution is 5.87. The maximum Gasteiger partial charge on any atom is 0.410 e. The van der Waals surface area contributed by atoms with Crippen molar-refractivity contribution in [1.29, 1.82) is 0 Å². The van der Waals surface area contributed by atoms with E-state index in [0.717, 1.165) is 53.8 Å². The topological polar surface area (TPSA) is 171 Å². The number of alkyl carbamates (subject to hydrolysis) is 1. The zero-order valence-electron chi connectivity index (χ0n) is 30.2. The molecule has 53 heavy (non-hydrogen) atoms. The Labute approximate surface area is 307 Å². The van der Waals surface area contributed by atoms with Crippen LogP contribution in [0.4, 0.5) is 9.59 Å². The average Bonchev–Trinajstić information content (AvgIpc) is 4.00. The van der Waals surface area contributed by atoms with E-state index in [2.05, 4.69) is 35.2 Å². The first-order valence-electron chi connectivity index (χ1n) is 17.8. The fourth-order valence-corrected chi connectivity index (χ4v) is 6.90. The van der Waals surface area contributed by atoms with Crippen LogP contribution in [-0.4, -0.2) is 83.6 Å². The lowest BCUT2D eigenvalue weighted by Gasteiger charge is -2.28. The molecular weight excluding hydrogens is 674 g/mol. The van der Waals surface area contributed by atoms with Gasteiger partial charge in [0.1, 0.15) is 23.3 Å². The van der Waals surface area contributed by atoms with Crippen molar-refractivity contribution in [3.63, 3.8) is 0 Å². The molecule has 274 valence electrons. The summed E-state index contributed by atoms with van der Waals surface area (Å²) in [6.07, 6.45) is 9.27. The number of carbonyl (C=O) groups excluding carboxylic acids is 3. The molecule has 0 spiro atoms. The van der Waals surface area contributed by atoms with Crippen molar-refractivity contribution in [2.24, 2.45) is 0 Å². The van der Waals surface area contributed by atoms with Crippen LogP contribution in [-0.2, 0) is 14.3 Å². The van der Waals surface area contributed by atoms with Crippen molar-refractivity contribution in [1.82, 2.24) is 45.0 Å². The van der Waals surface area contributed by atoms with Gasteiger partial charge in [0.15, 0.2) is 5.82 Å². The predicted octanol–water partition coefficient (Wildman–Crippen LogP) is 6.76. The van der Waals surface area contributed by atoms with Gasteiger partial charge in [-0.1, -0.05) is 54.6 Å². The van der Waals surface area contributed by atoms with Crippen molar-refractivity contribution in [3.05, 3.63) is 96.6 Å². The number of ether oxygens (including phenoxy) is 2. The molecule has 0 aliphatic carbocycles. The van der Waals surface area contributed by atoms with Crippen LogP contribution in [0.1, 0.15) is 81.8 Å². The Bertz CT molecular complexity index is 2060. The number of H-pyrrole nitrogens is 2. The number of nitrogens with one attached hydrogen (secondary N) is 3. The van der Waals surface area contributed by atoms with Gasteiger partial charge in [-0.05, 0) is 57.6 Å². The van der Waals surface area contributed by atoms with E-state index in [4.69, 9.17) is 9.47 Å². The first-order valence-corrected chi connectivity index (χ1v) is 17.8. The first kappa shape index (κ1) is 35.4. The molecule has 2 fully saturated rings. The number of imidazole rings is 2. The number of rotatable bonds is 8. The zero-order valence-corrected chi connectivity index (χ0v) is 30.2. The molecule has 5 heterocycles. The molecule has 0 radical (unpaired) electrons. The molecule has 0 bridgehead atoms. The zero-order chi connectivity index (χ0) is 37.1. The van der Waals surface area contributed by atoms with Crippen LogP contribution >= 0.6 is 0 Å². The van der Waals surface area contributed by atoms with Crippen molar-refractivity contribution < 1.29 is 23.9 Å². The number of aromatic amines is 2. The van der Waals surface area contributed by atoms with Gasteiger partial charge in [-0.15, -0.1) is 0 Å². The molecule has 7 rings (SSSR count). The van der Waals surface area contributed by atoms with Crippen LogP contribution in [0.5, 0.6) is 0 Å². The number of methoxy groups -OCH3 is 1. The third kappa shape index (κ3) is 7.76. The van der Waals surface area contributed by atoms with Crippen LogP contribution < -0.4 is 5.32 Å². The molecule has 2 aromatic carbocycles. The Kier molecular flexibility index (Phi) is 9.94. The summed E-state index contributed by atoms with van der Waals surface area (Å²) in [7, 11) is 1.28. The molecule has 3 unspecified atom stereocenters. The minimum absolute atomic E-state index is 0.176. The molecule has 0 saturated carbocycles. The lowest BCUT2D eigenvalue weighted by Crippen LogP contribution is -2.42. The van der Waals surface area contributed by atoms with Gasteiger partial charge < -0.3 is 29.7 Å². The highest BCUT2D eigenvalue weighted by Crippen LogP contribution is 2.35. The fraction of sp³-hybridized carbons (Fsp3) is 0.359. The fourth-order valence-electron chi connectivity index (χ4n) is 6.90. The van der Waals surface area contributed by atoms with Crippen LogP contribution in [0.15, 0.2) is 79.4 Å². The van der Waals surface area contributed by atoms with Crippen molar-refractivity contribution in [2.45, 2.75) is 70.2 Å². The molecule has 3 amide bonds. The smallest absolute Gasteiger partial charge is 0.410 e. The van der Waals surface area contributed by atoms with Crippen molar-refractivity contribution in [2.75, 3.05) is 20.2 Å². The normalized spacial score (nSPS) is 17.8. The maximum atomic E-state index is 13.8. The van der Waals surface area contributed by atoms with Gasteiger partial charge in [0.2, 0.25) is 0 Å². The average molecular weight is 718 g/mol. The summed E-state index contributed by atoms with van der Waals surface area (Å²) in [5.41, 5.74) is 4.25. The van der Waals surface area contributed by atoms with E-state index in [1.54, 1.807) is 34.6 Å². The molecular formula is C39H43N9O5. The van der Waals surface area contributed by atoms with Gasteiger partial charge in [0.05, 0.1) is 43.0 Å². The number of amides is 3. The van der Waals surface area contributed by atoms with Gasteiger partial charge in [-0.2, -0.15) is 0 Å². The van der Waals surface area contributed by atoms with Crippen LogP contribution in [0.25, 0.3) is 33.9 Å². The summed E-state index contributed by atoms with van der Waals surface area (Å²) in [4.78, 5) is 67.6. The first-order chi connectivity index (χ1) is 25.6. The van der Waals surface area contributed by atoms with Crippen molar-refractivity contribution >= 4 is 18.1 Å². The third-order valence-corrected chi connectivity index (χ3v) is 9.48. The van der Waals surface area contributed by atoms with E-state index in [9.17, 15) is 14.4 Å². The molecule has 3 atom stereocenters. The standard InChI is InChI=1S/C39H43N9O5/c1-39(2,3)53-38(51)48-19-9-13-31(48)35-43-23-29(45-35)27-20-40-33(41-21-27)26-16-14-24(15-17-26)28-22-42-34(44-28)30-12-8-18-47(30)36(49)32(46-37(50)52-4)25-10-6-5-7-11-25/h5-7,10-11,14-17,20-23,30-32H,8-9,12-13,18-19H2,1-4H3,(H,42,44)(H,43,45)(H,46,50). The van der Waals surface area contributed by atoms with E-state index in [1.165, 1.54) is 7.11 Å². The van der Waals surface area contributed by atoms with E-state index in [0.29, 0.717) is 36.1 Å². The highest BCUT2D eigenvalue weighted by atomic mass is 16.6. The van der Waals surface area contributed by atoms with E-state index in [1.807, 2.05) is 75.4 Å². The third-order valence-electron chi connectivity index (χ3n) is 9.48. The number of likely N-dealkylation sites (tertiary alicyclic amines) is 2. The number of carbonyl (C=O) groups is 3. The second-order valence-corrected chi connectivity index (χ2v) is 14.2. The van der Waals surface area contributed by atoms with E-state index < -0.39 is 17.7 Å². The Balaban J connectivity index is 1.01. The molecule has 14 nitrogen and oxygen atoms in total. The Morgan fingerprint density at radius 1 is 0.755 bits per heavy atom. The monoisotopic (exact) mass is 717 g/mol. The van der Waals surface area contributed by atoms with E-state index >= 15 is 0 Å². The molecule has 2 aliphatic heterocycles. The molecule has 2 saturated heterocycles. The maximum absolute atomic E-state index is 13.8. The number of hydrogen-bond acceptors (Lipinski definition) is 9. The van der Waals surface area contributed by atoms with Crippen LogP contribution in [0.3, 0.4) is 0 Å². The summed E-state index contributed by atoms with van der Waals surface area (Å²) >= 11 is 0. The number of hydrogen-bond donors (Lipinski definition) is 3. The molecule has 3 aromatic heterocycles. The van der Waals surface area contributed by atoms with Gasteiger partial charge in [-0.25, -0.2) is 29.5 Å². The summed E-state index contributed by atoms with van der Waals surface area (Å²) in [5.74, 6) is 1.75. The molecule has 14 heteroatoms. The summed E-state index contributed by atoms with van der Waals surface area (Å²) in [6, 6.07) is 15.7. The Morgan fingerprint density at radius 3 is 1.92 bits per heavy atom. The van der Waals surface area contributed by atoms with Gasteiger partial charge >= 0.3 is 12.2 Å². The minimum atomic E-state index is -0.881. The lowest BCUT2D eigenvalue weighted by molar-refractivity contribution is -0.134. The highest BCUT2D eigenvalue weighted by Gasteiger charge is 2.37. The second-order valence-electron chi connectivity index (χ2n) is 14.2. The SMILES string of the molecule is COC(=O)NC(C(=O)N1CCCC1c1ncc(-c2ccc(-c3ncc(-c4cnc(C5CCCN5C(=O)OC(C)(C)C)[nH]4)cn3)cc2)[nH]1)c1ccccc1. The largest absolute Gasteiger partial charge is 0.453 e. The van der Waals surface area contributed by atoms with Gasteiger partial charge in [-0.3, -0.25) is 9.69 Å². The predicted molar refractivity (Wildman–Crippen MR) is 196 cm³/mol. The Hall–Kier alpha value is -6.05. The lowest BCUT2D eigenvalue weighted by atomic mass is 10.1. The molecule has 3 N–H and O–H groups in total. The van der Waals surface area contributed by atoms with Crippen LogP contribution in [0, 0.1) is 0 Å². The summed E-state index contributed by atoms with van der Waals surface area (Å²) < 4.78 is 10.4.